The van der Waals surface area contributed by atoms with E-state index in [0.29, 0.717) is 69.6 Å². The van der Waals surface area contributed by atoms with Gasteiger partial charge in [-0.1, -0.05) is 0 Å². The average molecular weight is 664 g/mol. The van der Waals surface area contributed by atoms with Crippen LogP contribution in [-0.4, -0.2) is 94.0 Å². The molecule has 0 unspecified atom stereocenters. The predicted molar refractivity (Wildman–Crippen MR) is 171 cm³/mol. The summed E-state index contributed by atoms with van der Waals surface area (Å²) in [5, 5.41) is 17.0. The lowest BCUT2D eigenvalue weighted by Crippen LogP contribution is -2.54. The summed E-state index contributed by atoms with van der Waals surface area (Å²) >= 11 is 0. The second-order valence-corrected chi connectivity index (χ2v) is 12.1. The summed E-state index contributed by atoms with van der Waals surface area (Å²) in [5.74, 6) is -1.74. The highest BCUT2D eigenvalue weighted by atomic mass is 19.1. The van der Waals surface area contributed by atoms with Crippen LogP contribution in [0.4, 0.5) is 35.6 Å². The molecule has 252 valence electrons. The lowest BCUT2D eigenvalue weighted by molar-refractivity contribution is -0.131. The molecule has 0 radical (unpaired) electrons. The summed E-state index contributed by atoms with van der Waals surface area (Å²) in [4.78, 5) is 59.5. The molecule has 3 heterocycles. The Balaban J connectivity index is 0.990. The smallest absolute Gasteiger partial charge is 0.407 e. The third kappa shape index (κ3) is 7.46. The first kappa shape index (κ1) is 32.6. The molecule has 1 saturated carbocycles. The fourth-order valence-electron chi connectivity index (χ4n) is 5.95. The van der Waals surface area contributed by atoms with Crippen LogP contribution in [0, 0.1) is 17.0 Å². The third-order valence-electron chi connectivity index (χ3n) is 8.97. The zero-order valence-corrected chi connectivity index (χ0v) is 26.0. The van der Waals surface area contributed by atoms with Gasteiger partial charge in [-0.25, -0.2) is 23.4 Å². The highest BCUT2D eigenvalue weighted by molar-refractivity contribution is 6.17. The van der Waals surface area contributed by atoms with E-state index in [2.05, 4.69) is 25.8 Å². The van der Waals surface area contributed by atoms with Crippen molar-refractivity contribution in [1.29, 1.82) is 0 Å². The number of benzene rings is 2. The van der Waals surface area contributed by atoms with Crippen molar-refractivity contribution in [2.24, 2.45) is 5.41 Å². The Kier molecular flexibility index (Phi) is 9.39. The maximum Gasteiger partial charge on any atom is 0.407 e. The molecule has 0 atom stereocenters. The first-order chi connectivity index (χ1) is 23.1. The number of ether oxygens (including phenoxy) is 1. The Labute approximate surface area is 274 Å². The van der Waals surface area contributed by atoms with E-state index in [0.717, 1.165) is 18.9 Å². The number of likely N-dealkylation sites (tertiary alicyclic amines) is 1. The Morgan fingerprint density at radius 2 is 1.46 bits per heavy atom. The lowest BCUT2D eigenvalue weighted by atomic mass is 10.0. The van der Waals surface area contributed by atoms with Crippen molar-refractivity contribution >= 4 is 41.1 Å². The predicted octanol–water partition coefficient (Wildman–Crippen LogP) is 4.80. The van der Waals surface area contributed by atoms with E-state index in [1.807, 2.05) is 0 Å². The number of piperidine rings is 1. The summed E-state index contributed by atoms with van der Waals surface area (Å²) in [6.45, 7) is 3.42. The second-order valence-electron chi connectivity index (χ2n) is 12.1. The lowest BCUT2D eigenvalue weighted by Gasteiger charge is -2.42. The van der Waals surface area contributed by atoms with Gasteiger partial charge >= 0.3 is 12.1 Å². The summed E-state index contributed by atoms with van der Waals surface area (Å²) < 4.78 is 34.0. The molecule has 2 saturated heterocycles. The number of piperazine rings is 1. The maximum absolute atomic E-state index is 15.0. The number of carboxylic acid groups (broad SMARTS) is 1. The molecule has 3 aliphatic rings. The van der Waals surface area contributed by atoms with Gasteiger partial charge in [0, 0.05) is 69.3 Å². The number of hydrogen-bond donors (Lipinski definition) is 4. The van der Waals surface area contributed by atoms with Crippen LogP contribution in [-0.2, 0) is 9.59 Å². The Morgan fingerprint density at radius 1 is 0.792 bits per heavy atom. The van der Waals surface area contributed by atoms with Crippen molar-refractivity contribution in [2.75, 3.05) is 55.2 Å². The van der Waals surface area contributed by atoms with E-state index in [4.69, 9.17) is 9.84 Å². The van der Waals surface area contributed by atoms with Crippen LogP contribution in [0.2, 0.25) is 0 Å². The van der Waals surface area contributed by atoms with Crippen molar-refractivity contribution in [1.82, 2.24) is 19.7 Å². The number of pyridine rings is 1. The van der Waals surface area contributed by atoms with Gasteiger partial charge in [0.15, 0.2) is 0 Å². The molecule has 5 amide bonds. The van der Waals surface area contributed by atoms with Crippen LogP contribution in [0.1, 0.15) is 25.7 Å². The number of nitrogens with zero attached hydrogens (tertiary/aromatic N) is 4. The molecule has 4 N–H and O–H groups in total. The largest absolute Gasteiger partial charge is 0.465 e. The number of urea groups is 1. The molecular weight excluding hydrogens is 628 g/mol. The SMILES string of the molecule is O=C(O)N1CCN(C2CCN(C(=O)Nc3cc(Oc4ccc(NC(=O)C5(C(=O)Nc6ccc(F)cc6)CC5)c(F)c4)ccn3)CC2)CC1. The van der Waals surface area contributed by atoms with Crippen molar-refractivity contribution < 1.29 is 37.8 Å². The highest BCUT2D eigenvalue weighted by Gasteiger charge is 2.56. The molecule has 0 spiro atoms. The number of anilines is 3. The van der Waals surface area contributed by atoms with E-state index >= 15 is 4.39 Å². The van der Waals surface area contributed by atoms with E-state index in [9.17, 15) is 23.6 Å². The van der Waals surface area contributed by atoms with Crippen LogP contribution in [0.25, 0.3) is 0 Å². The number of amides is 5. The van der Waals surface area contributed by atoms with Crippen LogP contribution < -0.4 is 20.7 Å². The Morgan fingerprint density at radius 3 is 2.10 bits per heavy atom. The summed E-state index contributed by atoms with van der Waals surface area (Å²) in [6.07, 6.45) is 2.70. The fourth-order valence-corrected chi connectivity index (χ4v) is 5.95. The van der Waals surface area contributed by atoms with Crippen LogP contribution in [0.3, 0.4) is 0 Å². The van der Waals surface area contributed by atoms with Gasteiger partial charge in [0.05, 0.1) is 5.69 Å². The number of halogens is 2. The van der Waals surface area contributed by atoms with Crippen LogP contribution in [0.15, 0.2) is 60.8 Å². The molecule has 6 rings (SSSR count). The normalized spacial score (nSPS) is 17.7. The molecule has 3 fully saturated rings. The maximum atomic E-state index is 15.0. The van der Waals surface area contributed by atoms with Crippen LogP contribution >= 0.6 is 0 Å². The van der Waals surface area contributed by atoms with Gasteiger partial charge in [0.25, 0.3) is 0 Å². The van der Waals surface area contributed by atoms with Gasteiger partial charge in [-0.05, 0) is 68.1 Å². The minimum Gasteiger partial charge on any atom is -0.465 e. The van der Waals surface area contributed by atoms with Gasteiger partial charge < -0.3 is 30.3 Å². The molecule has 1 aliphatic carbocycles. The number of rotatable bonds is 8. The molecule has 0 bridgehead atoms. The van der Waals surface area contributed by atoms with Crippen molar-refractivity contribution in [3.8, 4) is 11.5 Å². The molecule has 15 heteroatoms. The van der Waals surface area contributed by atoms with Gasteiger partial charge in [-0.15, -0.1) is 0 Å². The summed E-state index contributed by atoms with van der Waals surface area (Å²) in [6, 6.07) is 12.1. The highest BCUT2D eigenvalue weighted by Crippen LogP contribution is 2.47. The quantitative estimate of drug-likeness (QED) is 0.251. The third-order valence-corrected chi connectivity index (χ3v) is 8.97. The summed E-state index contributed by atoms with van der Waals surface area (Å²) in [5.41, 5.74) is -1.12. The average Bonchev–Trinajstić information content (AvgIpc) is 3.90. The summed E-state index contributed by atoms with van der Waals surface area (Å²) in [7, 11) is 0. The molecule has 2 aromatic carbocycles. The molecule has 13 nitrogen and oxygen atoms in total. The monoisotopic (exact) mass is 663 g/mol. The Hall–Kier alpha value is -5.31. The van der Waals surface area contributed by atoms with Gasteiger partial charge in [0.2, 0.25) is 11.8 Å². The van der Waals surface area contributed by atoms with E-state index < -0.39 is 35.0 Å². The van der Waals surface area contributed by atoms with Crippen molar-refractivity contribution in [3.05, 3.63) is 72.4 Å². The number of nitrogens with one attached hydrogen (secondary N) is 3. The van der Waals surface area contributed by atoms with Crippen molar-refractivity contribution in [3.63, 3.8) is 0 Å². The molecular formula is C33H35F2N7O6. The van der Waals surface area contributed by atoms with E-state index in [-0.39, 0.29) is 23.3 Å². The number of hydrogen-bond acceptors (Lipinski definition) is 7. The van der Waals surface area contributed by atoms with Gasteiger partial charge in [-0.2, -0.15) is 0 Å². The minimum atomic E-state index is -1.34. The standard InChI is InChI=1S/C33H35F2N7O6/c34-21-1-3-22(4-2-21)37-29(43)33(10-11-33)30(44)38-27-6-5-24(19-26(27)35)48-25-7-12-36-28(20-25)39-31(45)41-13-8-23(9-14-41)40-15-17-42(18-16-40)32(46)47/h1-7,12,19-20,23H,8-11,13-18H2,(H,37,43)(H,38,44)(H,46,47)(H,36,39,45). The molecule has 2 aliphatic heterocycles. The first-order valence-electron chi connectivity index (χ1n) is 15.7. The van der Waals surface area contributed by atoms with E-state index in [1.165, 1.54) is 53.6 Å². The topological polar surface area (TPSA) is 156 Å². The zero-order valence-electron chi connectivity index (χ0n) is 26.0. The minimum absolute atomic E-state index is 0.123. The molecule has 1 aromatic heterocycles. The second kappa shape index (κ2) is 13.8. The fraction of sp³-hybridized carbons (Fsp3) is 0.364. The molecule has 3 aromatic rings. The van der Waals surface area contributed by atoms with Gasteiger partial charge in [-0.3, -0.25) is 19.8 Å². The first-order valence-corrected chi connectivity index (χ1v) is 15.7. The van der Waals surface area contributed by atoms with E-state index in [1.54, 1.807) is 11.0 Å². The number of aromatic nitrogens is 1. The van der Waals surface area contributed by atoms with Gasteiger partial charge in [0.1, 0.15) is 34.4 Å². The Bertz CT molecular complexity index is 1690. The zero-order chi connectivity index (χ0) is 33.8. The van der Waals surface area contributed by atoms with Crippen LogP contribution in [0.5, 0.6) is 11.5 Å². The van der Waals surface area contributed by atoms with Crippen molar-refractivity contribution in [2.45, 2.75) is 31.7 Å². The number of carbonyl (C=O) groups is 4. The molecule has 48 heavy (non-hydrogen) atoms. The number of carbonyl (C=O) groups excluding carboxylic acids is 3.